The fourth-order valence-corrected chi connectivity index (χ4v) is 5.31. The van der Waals surface area contributed by atoms with E-state index >= 15 is 0 Å². The van der Waals surface area contributed by atoms with E-state index in [9.17, 15) is 41.5 Å². The second-order valence-corrected chi connectivity index (χ2v) is 11.3. The number of hydrogen-bond donors (Lipinski definition) is 4. The van der Waals surface area contributed by atoms with Gasteiger partial charge in [0.15, 0.2) is 23.2 Å². The Hall–Kier alpha value is -4.24. The second kappa shape index (κ2) is 15.9. The molecule has 16 heteroatoms. The summed E-state index contributed by atoms with van der Waals surface area (Å²) in [7, 11) is 0. The molecule has 11 nitrogen and oxygen atoms in total. The maximum absolute atomic E-state index is 14.1. The van der Waals surface area contributed by atoms with Crippen LogP contribution in [0.3, 0.4) is 0 Å². The molecule has 4 N–H and O–H groups in total. The summed E-state index contributed by atoms with van der Waals surface area (Å²) in [5.74, 6) is -14.1. The van der Waals surface area contributed by atoms with Crippen LogP contribution in [0.4, 0.5) is 23.2 Å². The normalized spacial score (nSPS) is 17.8. The van der Waals surface area contributed by atoms with Gasteiger partial charge in [0.25, 0.3) is 0 Å². The Morgan fingerprint density at radius 1 is 0.935 bits per heavy atom. The third-order valence-electron chi connectivity index (χ3n) is 7.68. The van der Waals surface area contributed by atoms with Crippen molar-refractivity contribution < 1.29 is 51.0 Å². The maximum atomic E-state index is 14.1. The van der Waals surface area contributed by atoms with Gasteiger partial charge in [-0.3, -0.25) is 24.0 Å². The zero-order valence-corrected chi connectivity index (χ0v) is 25.1. The number of ether oxygens (including phenoxy) is 2. The number of anilines is 1. The maximum Gasteiger partial charge on any atom is 0.313 e. The van der Waals surface area contributed by atoms with Crippen molar-refractivity contribution in [3.8, 4) is 5.75 Å². The number of Topliss-reactive ketones (excluding diaryl/α,β-unsaturated/α-hetero) is 1. The lowest BCUT2D eigenvalue weighted by Crippen LogP contribution is -2.55. The molecule has 0 aromatic heterocycles. The van der Waals surface area contributed by atoms with Crippen LogP contribution < -0.4 is 26.0 Å². The van der Waals surface area contributed by atoms with Gasteiger partial charge in [0.1, 0.15) is 12.6 Å². The molecule has 3 atom stereocenters. The van der Waals surface area contributed by atoms with Gasteiger partial charge < -0.3 is 30.7 Å². The molecule has 2 fully saturated rings. The molecular formula is C30H31ClF4N4O7. The lowest BCUT2D eigenvalue weighted by Gasteiger charge is -2.28. The first-order valence-electron chi connectivity index (χ1n) is 14.4. The molecule has 248 valence electrons. The molecule has 0 bridgehead atoms. The highest BCUT2D eigenvalue weighted by Gasteiger charge is 2.35. The van der Waals surface area contributed by atoms with E-state index < -0.39 is 83.0 Å². The van der Waals surface area contributed by atoms with Crippen LogP contribution in [0.25, 0.3) is 0 Å². The van der Waals surface area contributed by atoms with Crippen molar-refractivity contribution in [3.05, 3.63) is 58.6 Å². The number of halogens is 5. The molecule has 46 heavy (non-hydrogen) atoms. The van der Waals surface area contributed by atoms with Gasteiger partial charge in [-0.1, -0.05) is 23.7 Å². The number of amides is 4. The summed E-state index contributed by atoms with van der Waals surface area (Å²) in [6.45, 7) is -0.0178. The summed E-state index contributed by atoms with van der Waals surface area (Å²) in [6, 6.07) is 3.31. The summed E-state index contributed by atoms with van der Waals surface area (Å²) in [5, 5.41) is 9.96. The molecule has 2 aliphatic rings. The van der Waals surface area contributed by atoms with E-state index in [0.717, 1.165) is 0 Å². The van der Waals surface area contributed by atoms with Gasteiger partial charge in [0, 0.05) is 31.7 Å². The van der Waals surface area contributed by atoms with Crippen LogP contribution in [0.1, 0.15) is 32.1 Å². The largest absolute Gasteiger partial charge is 0.479 e. The highest BCUT2D eigenvalue weighted by molar-refractivity contribution is 6.41. The zero-order chi connectivity index (χ0) is 33.4. The lowest BCUT2D eigenvalue weighted by molar-refractivity contribution is -0.139. The first kappa shape index (κ1) is 34.6. The number of nitrogens with one attached hydrogen (secondary N) is 4. The topological polar surface area (TPSA) is 152 Å². The van der Waals surface area contributed by atoms with Gasteiger partial charge in [0.2, 0.25) is 23.4 Å². The Morgan fingerprint density at radius 3 is 2.24 bits per heavy atom. The third-order valence-corrected chi connectivity index (χ3v) is 8.01. The molecule has 2 aromatic carbocycles. The van der Waals surface area contributed by atoms with E-state index in [1.54, 1.807) is 12.1 Å². The second-order valence-electron chi connectivity index (χ2n) is 10.9. The lowest BCUT2D eigenvalue weighted by atomic mass is 9.91. The summed E-state index contributed by atoms with van der Waals surface area (Å²) in [6.07, 6.45) is 1.20. The summed E-state index contributed by atoms with van der Waals surface area (Å²) < 4.78 is 65.7. The van der Waals surface area contributed by atoms with Crippen molar-refractivity contribution in [2.24, 2.45) is 11.8 Å². The monoisotopic (exact) mass is 670 g/mol. The Labute approximate surface area is 265 Å². The van der Waals surface area contributed by atoms with Gasteiger partial charge in [-0.05, 0) is 50.2 Å². The molecule has 2 aromatic rings. The van der Waals surface area contributed by atoms with Crippen LogP contribution in [0.2, 0.25) is 5.02 Å². The van der Waals surface area contributed by atoms with Crippen LogP contribution in [0, 0.1) is 35.1 Å². The fourth-order valence-electron chi connectivity index (χ4n) is 5.13. The van der Waals surface area contributed by atoms with Gasteiger partial charge in [-0.25, -0.2) is 8.78 Å². The first-order chi connectivity index (χ1) is 21.9. The van der Waals surface area contributed by atoms with Crippen LogP contribution in [0.5, 0.6) is 5.75 Å². The van der Waals surface area contributed by atoms with E-state index in [4.69, 9.17) is 21.1 Å². The summed E-state index contributed by atoms with van der Waals surface area (Å²) in [5.41, 5.74) is 0.154. The molecule has 2 saturated heterocycles. The Balaban J connectivity index is 1.51. The average Bonchev–Trinajstić information content (AvgIpc) is 3.44. The van der Waals surface area contributed by atoms with Gasteiger partial charge in [0.05, 0.1) is 16.8 Å². The number of para-hydroxylation sites is 1. The average molecular weight is 671 g/mol. The third kappa shape index (κ3) is 8.94. The Bertz CT molecular complexity index is 1470. The van der Waals surface area contributed by atoms with Crippen molar-refractivity contribution >= 4 is 46.7 Å². The smallest absolute Gasteiger partial charge is 0.313 e. The molecule has 2 aliphatic heterocycles. The SMILES string of the molecule is O=C(Nc1ccccc1Cl)C(=O)NC(CC1CCOCC1)C(=O)N[C@@H](C[C@@H]1CCNC1=O)C(=O)COc1c(F)c(F)cc(F)c1F. The van der Waals surface area contributed by atoms with Crippen LogP contribution >= 0.6 is 11.6 Å². The van der Waals surface area contributed by atoms with Crippen molar-refractivity contribution in [1.82, 2.24) is 16.0 Å². The quantitative estimate of drug-likeness (QED) is 0.154. The highest BCUT2D eigenvalue weighted by Crippen LogP contribution is 2.27. The standard InChI is InChI=1S/C30H31ClF4N4O7/c31-17-3-1-2-4-20(17)37-29(43)30(44)39-22(11-15-6-9-45-10-7-15)28(42)38-21(12-16-5-8-36-27(16)41)23(40)14-46-26-24(34)18(32)13-19(33)25(26)35/h1-4,13,15-16,21-22H,5-12,14H2,(H,36,41)(H,37,43)(H,38,42)(H,39,44)/t16-,21-,22?/m0/s1. The predicted octanol–water partition coefficient (Wildman–Crippen LogP) is 2.80. The summed E-state index contributed by atoms with van der Waals surface area (Å²) >= 11 is 6.05. The van der Waals surface area contributed by atoms with E-state index in [1.165, 1.54) is 12.1 Å². The van der Waals surface area contributed by atoms with Gasteiger partial charge >= 0.3 is 11.8 Å². The Kier molecular flexibility index (Phi) is 11.9. The molecule has 2 heterocycles. The molecule has 1 unspecified atom stereocenters. The van der Waals surface area contributed by atoms with Crippen LogP contribution in [0.15, 0.2) is 30.3 Å². The molecule has 4 amide bonds. The van der Waals surface area contributed by atoms with Gasteiger partial charge in [-0.15, -0.1) is 0 Å². The molecule has 0 spiro atoms. The van der Waals surface area contributed by atoms with Gasteiger partial charge in [-0.2, -0.15) is 8.78 Å². The first-order valence-corrected chi connectivity index (χ1v) is 14.8. The Morgan fingerprint density at radius 2 is 1.61 bits per heavy atom. The number of carbonyl (C=O) groups is 5. The van der Waals surface area contributed by atoms with E-state index in [1.807, 2.05) is 0 Å². The van der Waals surface area contributed by atoms with Crippen molar-refractivity contribution in [2.75, 3.05) is 31.7 Å². The van der Waals surface area contributed by atoms with E-state index in [2.05, 4.69) is 21.3 Å². The van der Waals surface area contributed by atoms with Crippen molar-refractivity contribution in [2.45, 2.75) is 44.2 Å². The minimum atomic E-state index is -1.86. The van der Waals surface area contributed by atoms with E-state index in [-0.39, 0.29) is 35.5 Å². The number of benzene rings is 2. The van der Waals surface area contributed by atoms with Crippen LogP contribution in [-0.2, 0) is 28.7 Å². The predicted molar refractivity (Wildman–Crippen MR) is 155 cm³/mol. The number of ketones is 1. The van der Waals surface area contributed by atoms with Crippen molar-refractivity contribution in [3.63, 3.8) is 0 Å². The number of carbonyl (C=O) groups excluding carboxylic acids is 5. The minimum absolute atomic E-state index is 0.0251. The minimum Gasteiger partial charge on any atom is -0.479 e. The number of rotatable bonds is 12. The van der Waals surface area contributed by atoms with Crippen LogP contribution in [-0.4, -0.2) is 67.9 Å². The fraction of sp³-hybridized carbons (Fsp3) is 0.433. The highest BCUT2D eigenvalue weighted by atomic mass is 35.5. The number of hydrogen-bond acceptors (Lipinski definition) is 7. The molecule has 0 aliphatic carbocycles. The molecule has 4 rings (SSSR count). The zero-order valence-electron chi connectivity index (χ0n) is 24.3. The van der Waals surface area contributed by atoms with E-state index in [0.29, 0.717) is 39.0 Å². The van der Waals surface area contributed by atoms with Crippen molar-refractivity contribution in [1.29, 1.82) is 0 Å². The molecule has 0 radical (unpaired) electrons. The molecular weight excluding hydrogens is 640 g/mol. The summed E-state index contributed by atoms with van der Waals surface area (Å²) in [4.78, 5) is 64.7. The molecule has 0 saturated carbocycles.